The number of hydrogen-bond acceptors (Lipinski definition) is 2. The van der Waals surface area contributed by atoms with Crippen molar-refractivity contribution in [2.24, 2.45) is 5.92 Å². The first kappa shape index (κ1) is 16.0. The van der Waals surface area contributed by atoms with E-state index in [0.717, 1.165) is 16.9 Å². The molecule has 0 aliphatic heterocycles. The van der Waals surface area contributed by atoms with Crippen molar-refractivity contribution in [2.75, 3.05) is 13.6 Å². The van der Waals surface area contributed by atoms with Crippen LogP contribution in [0.4, 0.5) is 0 Å². The van der Waals surface area contributed by atoms with E-state index in [4.69, 9.17) is 4.74 Å². The highest BCUT2D eigenvalue weighted by atomic mass is 79.9. The average molecular weight is 340 g/mol. The molecule has 1 N–H and O–H groups in total. The molecular weight excluding hydrogens is 314 g/mol. The molecule has 0 amide bonds. The largest absolute Gasteiger partial charge is 0.369 e. The van der Waals surface area contributed by atoms with Gasteiger partial charge in [0.05, 0.1) is 12.2 Å². The minimum absolute atomic E-state index is 0.148. The predicted octanol–water partition coefficient (Wildman–Crippen LogP) is 4.70. The maximum Gasteiger partial charge on any atom is 0.0953 e. The molecule has 0 aromatic heterocycles. The van der Waals surface area contributed by atoms with Crippen LogP contribution in [0.15, 0.2) is 28.7 Å². The first-order valence-corrected chi connectivity index (χ1v) is 8.59. The number of halogens is 1. The van der Waals surface area contributed by atoms with Gasteiger partial charge in [0.2, 0.25) is 0 Å². The first-order valence-electron chi connectivity index (χ1n) is 7.80. The maximum absolute atomic E-state index is 6.49. The Morgan fingerprint density at radius 3 is 2.85 bits per heavy atom. The average Bonchev–Trinajstić information content (AvgIpc) is 2.47. The molecule has 0 bridgehead atoms. The van der Waals surface area contributed by atoms with Crippen LogP contribution >= 0.6 is 15.9 Å². The summed E-state index contributed by atoms with van der Waals surface area (Å²) in [4.78, 5) is 0. The second-order valence-corrected chi connectivity index (χ2v) is 6.64. The van der Waals surface area contributed by atoms with Crippen molar-refractivity contribution >= 4 is 15.9 Å². The quantitative estimate of drug-likeness (QED) is 0.811. The molecule has 1 fully saturated rings. The Bertz CT molecular complexity index is 410. The summed E-state index contributed by atoms with van der Waals surface area (Å²) in [5.74, 6) is 0.732. The van der Waals surface area contributed by atoms with Crippen LogP contribution in [0.25, 0.3) is 0 Å². The molecule has 1 aliphatic rings. The van der Waals surface area contributed by atoms with Crippen LogP contribution in [-0.2, 0) is 4.74 Å². The summed E-state index contributed by atoms with van der Waals surface area (Å²) in [6, 6.07) is 8.49. The molecule has 1 aliphatic carbocycles. The molecule has 0 radical (unpaired) electrons. The Labute approximate surface area is 131 Å². The van der Waals surface area contributed by atoms with Crippen molar-refractivity contribution in [2.45, 2.75) is 51.2 Å². The lowest BCUT2D eigenvalue weighted by Crippen LogP contribution is -2.31. The van der Waals surface area contributed by atoms with Gasteiger partial charge in [-0.1, -0.05) is 54.2 Å². The summed E-state index contributed by atoms with van der Waals surface area (Å²) < 4.78 is 7.61. The summed E-state index contributed by atoms with van der Waals surface area (Å²) in [5.41, 5.74) is 1.26. The monoisotopic (exact) mass is 339 g/mol. The lowest BCUT2D eigenvalue weighted by atomic mass is 9.84. The molecule has 3 unspecified atom stereocenters. The zero-order chi connectivity index (χ0) is 14.4. The Balaban J connectivity index is 2.08. The molecule has 1 aromatic carbocycles. The van der Waals surface area contributed by atoms with E-state index >= 15 is 0 Å². The fraction of sp³-hybridized carbons (Fsp3) is 0.647. The van der Waals surface area contributed by atoms with Gasteiger partial charge in [0.1, 0.15) is 0 Å². The Kier molecular flexibility index (Phi) is 6.53. The predicted molar refractivity (Wildman–Crippen MR) is 87.9 cm³/mol. The van der Waals surface area contributed by atoms with Gasteiger partial charge in [-0.15, -0.1) is 0 Å². The molecule has 0 spiro atoms. The highest BCUT2D eigenvalue weighted by molar-refractivity contribution is 9.10. The molecule has 20 heavy (non-hydrogen) atoms. The van der Waals surface area contributed by atoms with E-state index in [1.165, 1.54) is 37.7 Å². The van der Waals surface area contributed by atoms with Gasteiger partial charge >= 0.3 is 0 Å². The third-order valence-electron chi connectivity index (χ3n) is 4.31. The van der Waals surface area contributed by atoms with Crippen LogP contribution in [0.3, 0.4) is 0 Å². The van der Waals surface area contributed by atoms with Gasteiger partial charge in [0, 0.05) is 11.0 Å². The third-order valence-corrected chi connectivity index (χ3v) is 4.81. The van der Waals surface area contributed by atoms with E-state index in [1.807, 2.05) is 7.05 Å². The Hall–Kier alpha value is -0.380. The summed E-state index contributed by atoms with van der Waals surface area (Å²) in [6.45, 7) is 3.15. The Morgan fingerprint density at radius 2 is 2.15 bits per heavy atom. The van der Waals surface area contributed by atoms with Crippen LogP contribution in [-0.4, -0.2) is 19.7 Å². The third kappa shape index (κ3) is 4.31. The van der Waals surface area contributed by atoms with E-state index in [1.54, 1.807) is 0 Å². The lowest BCUT2D eigenvalue weighted by molar-refractivity contribution is -0.0610. The fourth-order valence-electron chi connectivity index (χ4n) is 3.17. The first-order chi connectivity index (χ1) is 9.74. The summed E-state index contributed by atoms with van der Waals surface area (Å²) in [6.07, 6.45) is 7.02. The SMILES string of the molecule is CCC1CCCCC1OC(CNC)c1cccc(Br)c1. The highest BCUT2D eigenvalue weighted by Crippen LogP contribution is 2.33. The standard InChI is InChI=1S/C17H26BrNO/c1-3-13-7-4-5-10-16(13)20-17(12-19-2)14-8-6-9-15(18)11-14/h6,8-9,11,13,16-17,19H,3-5,7,10,12H2,1-2H3. The van der Waals surface area contributed by atoms with Crippen molar-refractivity contribution < 1.29 is 4.74 Å². The van der Waals surface area contributed by atoms with Crippen molar-refractivity contribution in [3.63, 3.8) is 0 Å². The number of nitrogens with one attached hydrogen (secondary N) is 1. The van der Waals surface area contributed by atoms with E-state index in [0.29, 0.717) is 6.10 Å². The lowest BCUT2D eigenvalue weighted by Gasteiger charge is -2.34. The topological polar surface area (TPSA) is 21.3 Å². The number of benzene rings is 1. The highest BCUT2D eigenvalue weighted by Gasteiger charge is 2.27. The maximum atomic E-state index is 6.49. The van der Waals surface area contributed by atoms with Crippen LogP contribution in [0.2, 0.25) is 0 Å². The summed E-state index contributed by atoms with van der Waals surface area (Å²) in [5, 5.41) is 3.27. The molecule has 3 heteroatoms. The van der Waals surface area contributed by atoms with E-state index in [-0.39, 0.29) is 6.10 Å². The number of rotatable bonds is 6. The molecule has 1 aromatic rings. The van der Waals surface area contributed by atoms with Gasteiger partial charge in [-0.3, -0.25) is 0 Å². The molecule has 0 saturated heterocycles. The second-order valence-electron chi connectivity index (χ2n) is 5.73. The minimum atomic E-state index is 0.148. The normalized spacial score (nSPS) is 24.6. The van der Waals surface area contributed by atoms with Crippen molar-refractivity contribution in [3.05, 3.63) is 34.3 Å². The van der Waals surface area contributed by atoms with Gasteiger partial charge in [-0.2, -0.15) is 0 Å². The van der Waals surface area contributed by atoms with E-state index in [9.17, 15) is 0 Å². The number of hydrogen-bond donors (Lipinski definition) is 1. The molecule has 2 nitrogen and oxygen atoms in total. The number of ether oxygens (including phenoxy) is 1. The van der Waals surface area contributed by atoms with Crippen LogP contribution in [0.1, 0.15) is 50.7 Å². The smallest absolute Gasteiger partial charge is 0.0953 e. The van der Waals surface area contributed by atoms with Gasteiger partial charge in [-0.05, 0) is 43.5 Å². The zero-order valence-electron chi connectivity index (χ0n) is 12.6. The van der Waals surface area contributed by atoms with Crippen molar-refractivity contribution in [1.82, 2.24) is 5.32 Å². The van der Waals surface area contributed by atoms with Gasteiger partial charge in [0.15, 0.2) is 0 Å². The molecular formula is C17H26BrNO. The summed E-state index contributed by atoms with van der Waals surface area (Å²) >= 11 is 3.56. The summed E-state index contributed by atoms with van der Waals surface area (Å²) in [7, 11) is 1.99. The van der Waals surface area contributed by atoms with Crippen LogP contribution in [0.5, 0.6) is 0 Å². The van der Waals surface area contributed by atoms with Gasteiger partial charge in [-0.25, -0.2) is 0 Å². The van der Waals surface area contributed by atoms with Crippen molar-refractivity contribution in [3.8, 4) is 0 Å². The van der Waals surface area contributed by atoms with Gasteiger partial charge < -0.3 is 10.1 Å². The molecule has 0 heterocycles. The number of likely N-dealkylation sites (N-methyl/N-ethyl adjacent to an activating group) is 1. The van der Waals surface area contributed by atoms with E-state index in [2.05, 4.69) is 52.4 Å². The molecule has 2 rings (SSSR count). The Morgan fingerprint density at radius 1 is 1.35 bits per heavy atom. The molecule has 3 atom stereocenters. The van der Waals surface area contributed by atoms with Gasteiger partial charge in [0.25, 0.3) is 0 Å². The molecule has 1 saturated carbocycles. The zero-order valence-corrected chi connectivity index (χ0v) is 14.2. The van der Waals surface area contributed by atoms with Crippen LogP contribution < -0.4 is 5.32 Å². The fourth-order valence-corrected chi connectivity index (χ4v) is 3.58. The molecule has 112 valence electrons. The van der Waals surface area contributed by atoms with E-state index < -0.39 is 0 Å². The minimum Gasteiger partial charge on any atom is -0.369 e. The van der Waals surface area contributed by atoms with Crippen LogP contribution in [0, 0.1) is 5.92 Å². The van der Waals surface area contributed by atoms with Crippen molar-refractivity contribution in [1.29, 1.82) is 0 Å². The second kappa shape index (κ2) is 8.16.